The molecular formula is C16H21N5O2. The highest BCUT2D eigenvalue weighted by Crippen LogP contribution is 2.23. The molecule has 1 amide bonds. The smallest absolute Gasteiger partial charge is 0.223 e. The van der Waals surface area contributed by atoms with Crippen molar-refractivity contribution in [3.05, 3.63) is 30.1 Å². The first-order chi connectivity index (χ1) is 11.3. The van der Waals surface area contributed by atoms with E-state index in [0.717, 1.165) is 37.1 Å². The molecule has 1 aliphatic rings. The molecule has 1 aromatic carbocycles. The number of nitrogens with zero attached hydrogens (tertiary/aromatic N) is 4. The van der Waals surface area contributed by atoms with Gasteiger partial charge < -0.3 is 10.1 Å². The van der Waals surface area contributed by atoms with Crippen LogP contribution in [-0.2, 0) is 11.3 Å². The standard InChI is InChI=1S/C16H21N5O2/c1-23-14-9-7-13(8-10-14)21-15(18-19-20-21)11-17-16(22)12-5-3-2-4-6-12/h7-10,12H,2-6,11H2,1H3,(H,17,22). The highest BCUT2D eigenvalue weighted by atomic mass is 16.5. The molecule has 0 atom stereocenters. The zero-order valence-electron chi connectivity index (χ0n) is 13.2. The number of hydrogen-bond acceptors (Lipinski definition) is 5. The minimum Gasteiger partial charge on any atom is -0.497 e. The van der Waals surface area contributed by atoms with Crippen LogP contribution in [0.15, 0.2) is 24.3 Å². The fourth-order valence-electron chi connectivity index (χ4n) is 2.92. The molecule has 1 saturated carbocycles. The van der Waals surface area contributed by atoms with Gasteiger partial charge in [-0.2, -0.15) is 4.68 Å². The van der Waals surface area contributed by atoms with E-state index in [0.29, 0.717) is 12.4 Å². The van der Waals surface area contributed by atoms with Crippen molar-refractivity contribution in [1.82, 2.24) is 25.5 Å². The summed E-state index contributed by atoms with van der Waals surface area (Å²) < 4.78 is 6.77. The summed E-state index contributed by atoms with van der Waals surface area (Å²) in [5.74, 6) is 1.62. The first kappa shape index (κ1) is 15.5. The Morgan fingerprint density at radius 1 is 1.26 bits per heavy atom. The van der Waals surface area contributed by atoms with Crippen LogP contribution in [0.25, 0.3) is 5.69 Å². The van der Waals surface area contributed by atoms with Gasteiger partial charge in [0, 0.05) is 5.92 Å². The van der Waals surface area contributed by atoms with Crippen LogP contribution in [0.2, 0.25) is 0 Å². The van der Waals surface area contributed by atoms with E-state index in [-0.39, 0.29) is 11.8 Å². The molecule has 0 aliphatic heterocycles. The van der Waals surface area contributed by atoms with Crippen molar-refractivity contribution in [3.8, 4) is 11.4 Å². The summed E-state index contributed by atoms with van der Waals surface area (Å²) in [6.45, 7) is 0.328. The van der Waals surface area contributed by atoms with Gasteiger partial charge >= 0.3 is 0 Å². The van der Waals surface area contributed by atoms with Crippen LogP contribution in [0.3, 0.4) is 0 Å². The number of methoxy groups -OCH3 is 1. The summed E-state index contributed by atoms with van der Waals surface area (Å²) in [4.78, 5) is 12.2. The van der Waals surface area contributed by atoms with Crippen LogP contribution in [0.4, 0.5) is 0 Å². The lowest BCUT2D eigenvalue weighted by Crippen LogP contribution is -2.32. The first-order valence-electron chi connectivity index (χ1n) is 7.97. The predicted molar refractivity (Wildman–Crippen MR) is 84.1 cm³/mol. The van der Waals surface area contributed by atoms with Crippen LogP contribution in [0.5, 0.6) is 5.75 Å². The zero-order valence-corrected chi connectivity index (χ0v) is 13.2. The lowest BCUT2D eigenvalue weighted by atomic mass is 9.89. The third-order valence-electron chi connectivity index (χ3n) is 4.25. The fourth-order valence-corrected chi connectivity index (χ4v) is 2.92. The molecule has 23 heavy (non-hydrogen) atoms. The van der Waals surface area contributed by atoms with Gasteiger partial charge in [0.25, 0.3) is 0 Å². The Morgan fingerprint density at radius 3 is 2.70 bits per heavy atom. The SMILES string of the molecule is COc1ccc(-n2nnnc2CNC(=O)C2CCCCC2)cc1. The lowest BCUT2D eigenvalue weighted by molar-refractivity contribution is -0.126. The van der Waals surface area contributed by atoms with Crippen molar-refractivity contribution in [1.29, 1.82) is 0 Å². The normalized spacial score (nSPS) is 15.3. The number of aromatic nitrogens is 4. The topological polar surface area (TPSA) is 81.9 Å². The number of nitrogens with one attached hydrogen (secondary N) is 1. The maximum atomic E-state index is 12.2. The second kappa shape index (κ2) is 7.21. The number of amides is 1. The van der Waals surface area contributed by atoms with Crippen molar-refractivity contribution < 1.29 is 9.53 Å². The van der Waals surface area contributed by atoms with E-state index in [9.17, 15) is 4.79 Å². The zero-order chi connectivity index (χ0) is 16.1. The van der Waals surface area contributed by atoms with Gasteiger partial charge in [-0.05, 0) is 47.5 Å². The molecule has 0 radical (unpaired) electrons. The van der Waals surface area contributed by atoms with Crippen LogP contribution < -0.4 is 10.1 Å². The molecule has 1 N–H and O–H groups in total. The van der Waals surface area contributed by atoms with E-state index in [2.05, 4.69) is 20.8 Å². The second-order valence-electron chi connectivity index (χ2n) is 5.76. The number of carbonyl (C=O) groups excluding carboxylic acids is 1. The molecule has 1 aliphatic carbocycles. The van der Waals surface area contributed by atoms with E-state index in [1.165, 1.54) is 6.42 Å². The number of rotatable bonds is 5. The monoisotopic (exact) mass is 315 g/mol. The number of benzene rings is 1. The second-order valence-corrected chi connectivity index (χ2v) is 5.76. The van der Waals surface area contributed by atoms with Gasteiger partial charge in [-0.15, -0.1) is 5.10 Å². The van der Waals surface area contributed by atoms with E-state index >= 15 is 0 Å². The molecule has 7 heteroatoms. The van der Waals surface area contributed by atoms with Crippen molar-refractivity contribution in [2.45, 2.75) is 38.6 Å². The molecule has 0 spiro atoms. The Kier molecular flexibility index (Phi) is 4.85. The van der Waals surface area contributed by atoms with Crippen molar-refractivity contribution in [2.75, 3.05) is 7.11 Å². The molecule has 3 rings (SSSR count). The number of tetrazole rings is 1. The van der Waals surface area contributed by atoms with E-state index in [1.807, 2.05) is 24.3 Å². The van der Waals surface area contributed by atoms with Crippen LogP contribution in [-0.4, -0.2) is 33.2 Å². The van der Waals surface area contributed by atoms with Gasteiger partial charge in [-0.3, -0.25) is 4.79 Å². The summed E-state index contributed by atoms with van der Waals surface area (Å²) in [5, 5.41) is 14.7. The quantitative estimate of drug-likeness (QED) is 0.911. The Hall–Kier alpha value is -2.44. The van der Waals surface area contributed by atoms with Crippen LogP contribution >= 0.6 is 0 Å². The highest BCUT2D eigenvalue weighted by Gasteiger charge is 2.21. The Labute approximate surface area is 135 Å². The average molecular weight is 315 g/mol. The molecular weight excluding hydrogens is 294 g/mol. The first-order valence-corrected chi connectivity index (χ1v) is 7.97. The van der Waals surface area contributed by atoms with E-state index < -0.39 is 0 Å². The number of hydrogen-bond donors (Lipinski definition) is 1. The summed E-state index contributed by atoms with van der Waals surface area (Å²) >= 11 is 0. The number of ether oxygens (including phenoxy) is 1. The molecule has 2 aromatic rings. The van der Waals surface area contributed by atoms with Crippen molar-refractivity contribution in [2.24, 2.45) is 5.92 Å². The largest absolute Gasteiger partial charge is 0.497 e. The summed E-state index contributed by atoms with van der Waals surface area (Å²) in [6.07, 6.45) is 5.48. The van der Waals surface area contributed by atoms with E-state index in [4.69, 9.17) is 4.74 Å². The fraction of sp³-hybridized carbons (Fsp3) is 0.500. The maximum absolute atomic E-state index is 12.2. The van der Waals surface area contributed by atoms with Crippen molar-refractivity contribution in [3.63, 3.8) is 0 Å². The summed E-state index contributed by atoms with van der Waals surface area (Å²) in [5.41, 5.74) is 0.831. The van der Waals surface area contributed by atoms with E-state index in [1.54, 1.807) is 11.8 Å². The Bertz CT molecular complexity index is 647. The van der Waals surface area contributed by atoms with Gasteiger partial charge in [0.05, 0.1) is 19.3 Å². The Morgan fingerprint density at radius 2 is 2.00 bits per heavy atom. The van der Waals surface area contributed by atoms with Gasteiger partial charge in [-0.25, -0.2) is 0 Å². The van der Waals surface area contributed by atoms with Crippen LogP contribution in [0.1, 0.15) is 37.9 Å². The lowest BCUT2D eigenvalue weighted by Gasteiger charge is -2.20. The molecule has 122 valence electrons. The molecule has 1 aromatic heterocycles. The summed E-state index contributed by atoms with van der Waals surface area (Å²) in [6, 6.07) is 7.45. The molecule has 1 fully saturated rings. The highest BCUT2D eigenvalue weighted by molar-refractivity contribution is 5.78. The molecule has 0 bridgehead atoms. The minimum atomic E-state index is 0.106. The summed E-state index contributed by atoms with van der Waals surface area (Å²) in [7, 11) is 1.62. The molecule has 0 unspecified atom stereocenters. The van der Waals surface area contributed by atoms with Crippen LogP contribution in [0, 0.1) is 5.92 Å². The third kappa shape index (κ3) is 3.67. The van der Waals surface area contributed by atoms with Gasteiger partial charge in [-0.1, -0.05) is 19.3 Å². The predicted octanol–water partition coefficient (Wildman–Crippen LogP) is 1.87. The Balaban J connectivity index is 1.64. The maximum Gasteiger partial charge on any atom is 0.223 e. The molecule has 0 saturated heterocycles. The number of carbonyl (C=O) groups is 1. The third-order valence-corrected chi connectivity index (χ3v) is 4.25. The average Bonchev–Trinajstić information content (AvgIpc) is 3.09. The van der Waals surface area contributed by atoms with Gasteiger partial charge in [0.1, 0.15) is 5.75 Å². The van der Waals surface area contributed by atoms with Gasteiger partial charge in [0.2, 0.25) is 5.91 Å². The molecule has 7 nitrogen and oxygen atoms in total. The van der Waals surface area contributed by atoms with Crippen molar-refractivity contribution >= 4 is 5.91 Å². The molecule has 1 heterocycles. The van der Waals surface area contributed by atoms with Gasteiger partial charge in [0.15, 0.2) is 5.82 Å². The minimum absolute atomic E-state index is 0.106.